The predicted octanol–water partition coefficient (Wildman–Crippen LogP) is 0.463. The molecule has 2 amide bonds. The van der Waals surface area contributed by atoms with E-state index >= 15 is 0 Å². The monoisotopic (exact) mass is 209 g/mol. The van der Waals surface area contributed by atoms with Crippen molar-refractivity contribution in [1.29, 1.82) is 0 Å². The molecule has 0 spiro atoms. The molecule has 2 heterocycles. The Bertz CT molecular complexity index is 328. The number of carbonyl (C=O) groups excluding carboxylic acids is 2. The fourth-order valence-electron chi connectivity index (χ4n) is 3.19. The molecule has 2 aliphatic heterocycles. The van der Waals surface area contributed by atoms with E-state index in [2.05, 4.69) is 12.2 Å². The van der Waals surface area contributed by atoms with Gasteiger partial charge in [0.15, 0.2) is 0 Å². The Morgan fingerprint density at radius 3 is 2.87 bits per heavy atom. The highest BCUT2D eigenvalue weighted by molar-refractivity contribution is 6.05. The summed E-state index contributed by atoms with van der Waals surface area (Å²) >= 11 is 0. The zero-order valence-electron chi connectivity index (χ0n) is 8.73. The molecule has 0 bridgehead atoms. The summed E-state index contributed by atoms with van der Waals surface area (Å²) in [6.45, 7) is 2.14. The van der Waals surface area contributed by atoms with E-state index in [-0.39, 0.29) is 35.9 Å². The van der Waals surface area contributed by atoms with Gasteiger partial charge in [-0.1, -0.05) is 13.3 Å². The van der Waals surface area contributed by atoms with Crippen LogP contribution in [-0.4, -0.2) is 24.0 Å². The molecular weight excluding hydrogens is 194 g/mol. The van der Waals surface area contributed by atoms with Gasteiger partial charge in [-0.3, -0.25) is 14.9 Å². The first-order valence-corrected chi connectivity index (χ1v) is 5.72. The van der Waals surface area contributed by atoms with Crippen molar-refractivity contribution >= 4 is 11.8 Å². The number of carbonyl (C=O) groups is 2. The third-order valence-corrected chi connectivity index (χ3v) is 3.92. The first-order chi connectivity index (χ1) is 7.22. The van der Waals surface area contributed by atoms with Crippen LogP contribution < -0.4 is 5.32 Å². The molecule has 1 aliphatic carbocycles. The highest BCUT2D eigenvalue weighted by atomic mass is 16.6. The number of imide groups is 1. The molecule has 3 rings (SSSR count). The smallest absolute Gasteiger partial charge is 0.233 e. The summed E-state index contributed by atoms with van der Waals surface area (Å²) in [6.07, 6.45) is 3.34. The van der Waals surface area contributed by atoms with Gasteiger partial charge in [-0.25, -0.2) is 0 Å². The number of ether oxygens (including phenoxy) is 1. The van der Waals surface area contributed by atoms with Gasteiger partial charge in [-0.2, -0.15) is 0 Å². The van der Waals surface area contributed by atoms with Gasteiger partial charge < -0.3 is 4.74 Å². The number of fused-ring (bicyclic) bond motifs is 3. The van der Waals surface area contributed by atoms with Crippen molar-refractivity contribution in [3.8, 4) is 0 Å². The third-order valence-electron chi connectivity index (χ3n) is 3.92. The lowest BCUT2D eigenvalue weighted by Gasteiger charge is -2.24. The minimum Gasteiger partial charge on any atom is -0.368 e. The molecule has 1 saturated carbocycles. The molecule has 1 N–H and O–H groups in total. The Labute approximate surface area is 88.4 Å². The second-order valence-corrected chi connectivity index (χ2v) is 4.84. The van der Waals surface area contributed by atoms with Crippen molar-refractivity contribution in [2.75, 3.05) is 0 Å². The summed E-state index contributed by atoms with van der Waals surface area (Å²) in [5, 5.41) is 2.42. The van der Waals surface area contributed by atoms with Crippen molar-refractivity contribution in [2.45, 2.75) is 38.4 Å². The first kappa shape index (κ1) is 9.33. The highest BCUT2D eigenvalue weighted by Crippen LogP contribution is 2.50. The van der Waals surface area contributed by atoms with E-state index in [1.54, 1.807) is 0 Å². The van der Waals surface area contributed by atoms with E-state index in [9.17, 15) is 9.59 Å². The zero-order chi connectivity index (χ0) is 10.6. The van der Waals surface area contributed by atoms with Gasteiger partial charge in [0.05, 0.1) is 24.0 Å². The Morgan fingerprint density at radius 1 is 1.33 bits per heavy atom. The Morgan fingerprint density at radius 2 is 2.13 bits per heavy atom. The van der Waals surface area contributed by atoms with Crippen molar-refractivity contribution in [2.24, 2.45) is 17.8 Å². The fourth-order valence-corrected chi connectivity index (χ4v) is 3.19. The average molecular weight is 209 g/mol. The van der Waals surface area contributed by atoms with E-state index < -0.39 is 0 Å². The largest absolute Gasteiger partial charge is 0.368 e. The van der Waals surface area contributed by atoms with Crippen LogP contribution in [0.5, 0.6) is 0 Å². The molecule has 3 aliphatic rings. The lowest BCUT2D eigenvalue weighted by molar-refractivity contribution is -0.126. The second kappa shape index (κ2) is 3.04. The molecule has 3 fully saturated rings. The van der Waals surface area contributed by atoms with E-state index in [0.29, 0.717) is 5.92 Å². The standard InChI is InChI=1S/C11H15NO3/c1-2-3-5-4-6-7(9-8(5)15-9)11(14)12-10(6)13/h5-9H,2-4H2,1H3,(H,12,13,14). The van der Waals surface area contributed by atoms with E-state index in [4.69, 9.17) is 4.74 Å². The maximum atomic E-state index is 11.5. The second-order valence-electron chi connectivity index (χ2n) is 4.84. The minimum atomic E-state index is -0.185. The van der Waals surface area contributed by atoms with Crippen LogP contribution in [0.2, 0.25) is 0 Å². The van der Waals surface area contributed by atoms with E-state index in [1.165, 1.54) is 0 Å². The zero-order valence-corrected chi connectivity index (χ0v) is 8.73. The molecule has 0 aromatic heterocycles. The average Bonchev–Trinajstić information content (AvgIpc) is 2.92. The molecule has 4 nitrogen and oxygen atoms in total. The molecular formula is C11H15NO3. The van der Waals surface area contributed by atoms with Gasteiger partial charge in [0.1, 0.15) is 0 Å². The molecule has 15 heavy (non-hydrogen) atoms. The topological polar surface area (TPSA) is 58.7 Å². The lowest BCUT2D eigenvalue weighted by Crippen LogP contribution is -2.33. The van der Waals surface area contributed by atoms with Crippen molar-refractivity contribution in [3.63, 3.8) is 0 Å². The maximum absolute atomic E-state index is 11.5. The van der Waals surface area contributed by atoms with Crippen LogP contribution in [0.25, 0.3) is 0 Å². The van der Waals surface area contributed by atoms with Gasteiger partial charge in [-0.15, -0.1) is 0 Å². The summed E-state index contributed by atoms with van der Waals surface area (Å²) in [5.41, 5.74) is 0. The van der Waals surface area contributed by atoms with Gasteiger partial charge in [0.2, 0.25) is 11.8 Å². The van der Waals surface area contributed by atoms with Gasteiger partial charge in [0, 0.05) is 0 Å². The molecule has 4 heteroatoms. The SMILES string of the molecule is CCCC1CC2C(=O)NC(=O)C2C2OC12. The molecule has 0 radical (unpaired) electrons. The molecule has 0 aromatic carbocycles. The summed E-state index contributed by atoms with van der Waals surface area (Å²) < 4.78 is 5.56. The summed E-state index contributed by atoms with van der Waals surface area (Å²) in [7, 11) is 0. The summed E-state index contributed by atoms with van der Waals surface area (Å²) in [5.74, 6) is -0.0150. The van der Waals surface area contributed by atoms with Gasteiger partial charge >= 0.3 is 0 Å². The number of amides is 2. The summed E-state index contributed by atoms with van der Waals surface area (Å²) in [4.78, 5) is 23.1. The van der Waals surface area contributed by atoms with Crippen molar-refractivity contribution in [1.82, 2.24) is 5.32 Å². The third kappa shape index (κ3) is 1.24. The van der Waals surface area contributed by atoms with Gasteiger partial charge in [-0.05, 0) is 18.8 Å². The van der Waals surface area contributed by atoms with Crippen LogP contribution >= 0.6 is 0 Å². The molecule has 5 unspecified atom stereocenters. The lowest BCUT2D eigenvalue weighted by atomic mass is 9.74. The normalized spacial score (nSPS) is 47.1. The summed E-state index contributed by atoms with van der Waals surface area (Å²) in [6, 6.07) is 0. The minimum absolute atomic E-state index is 0.0340. The number of nitrogens with one attached hydrogen (secondary N) is 1. The number of hydrogen-bond acceptors (Lipinski definition) is 3. The molecule has 82 valence electrons. The quantitative estimate of drug-likeness (QED) is 0.531. The fraction of sp³-hybridized carbons (Fsp3) is 0.818. The number of hydrogen-bond donors (Lipinski definition) is 1. The Kier molecular flexibility index (Phi) is 1.89. The maximum Gasteiger partial charge on any atom is 0.233 e. The predicted molar refractivity (Wildman–Crippen MR) is 51.8 cm³/mol. The van der Waals surface area contributed by atoms with E-state index in [0.717, 1.165) is 19.3 Å². The van der Waals surface area contributed by atoms with Crippen LogP contribution in [0.15, 0.2) is 0 Å². The van der Waals surface area contributed by atoms with Gasteiger partial charge in [0.25, 0.3) is 0 Å². The number of rotatable bonds is 2. The first-order valence-electron chi connectivity index (χ1n) is 5.72. The Balaban J connectivity index is 1.81. The van der Waals surface area contributed by atoms with Crippen LogP contribution in [0.3, 0.4) is 0 Å². The molecule has 2 saturated heterocycles. The van der Waals surface area contributed by atoms with Crippen LogP contribution in [0.1, 0.15) is 26.2 Å². The van der Waals surface area contributed by atoms with Crippen LogP contribution in [0, 0.1) is 17.8 Å². The van der Waals surface area contributed by atoms with Crippen LogP contribution in [-0.2, 0) is 14.3 Å². The Hall–Kier alpha value is -0.900. The highest BCUT2D eigenvalue weighted by Gasteiger charge is 2.62. The van der Waals surface area contributed by atoms with E-state index in [1.807, 2.05) is 0 Å². The molecule has 0 aromatic rings. The van der Waals surface area contributed by atoms with Crippen molar-refractivity contribution < 1.29 is 14.3 Å². The van der Waals surface area contributed by atoms with Crippen molar-refractivity contribution in [3.05, 3.63) is 0 Å². The number of epoxide rings is 1. The molecule has 5 atom stereocenters. The van der Waals surface area contributed by atoms with Crippen LogP contribution in [0.4, 0.5) is 0 Å².